The number of piperidine rings is 1. The number of esters is 1. The first kappa shape index (κ1) is 24.7. The van der Waals surface area contributed by atoms with Gasteiger partial charge in [-0.25, -0.2) is 21.6 Å². The first-order valence-corrected chi connectivity index (χ1v) is 11.7. The molecule has 0 atom stereocenters. The molecule has 2 aromatic rings. The minimum absolute atomic E-state index is 0.0699. The van der Waals surface area contributed by atoms with E-state index in [-0.39, 0.29) is 38.3 Å². The number of amides is 1. The van der Waals surface area contributed by atoms with Crippen LogP contribution in [0.4, 0.5) is 13.2 Å². The molecule has 1 fully saturated rings. The third-order valence-electron chi connectivity index (χ3n) is 5.37. The van der Waals surface area contributed by atoms with Gasteiger partial charge in [0.1, 0.15) is 22.3 Å². The molecule has 0 radical (unpaired) electrons. The number of hydrogen-bond donors (Lipinski definition) is 1. The van der Waals surface area contributed by atoms with Gasteiger partial charge in [-0.1, -0.05) is 12.1 Å². The molecule has 1 aliphatic heterocycles. The van der Waals surface area contributed by atoms with Crippen LogP contribution < -0.4 is 5.32 Å². The summed E-state index contributed by atoms with van der Waals surface area (Å²) in [5.74, 6) is -4.17. The lowest BCUT2D eigenvalue weighted by Gasteiger charge is -2.30. The molecule has 0 aliphatic carbocycles. The summed E-state index contributed by atoms with van der Waals surface area (Å²) in [4.78, 5) is 23.4. The van der Waals surface area contributed by atoms with Gasteiger partial charge in [-0.2, -0.15) is 4.31 Å². The Hall–Kier alpha value is -2.92. The van der Waals surface area contributed by atoms with Crippen LogP contribution >= 0.6 is 0 Å². The quantitative estimate of drug-likeness (QED) is 0.610. The number of aryl methyl sites for hydroxylation is 1. The number of ether oxygens (including phenoxy) is 1. The summed E-state index contributed by atoms with van der Waals surface area (Å²) in [5, 5.41) is 2.52. The van der Waals surface area contributed by atoms with E-state index in [9.17, 15) is 31.2 Å². The molecular weight excluding hydrogens is 461 g/mol. The molecule has 0 saturated carbocycles. The Bertz CT molecular complexity index is 1150. The zero-order valence-corrected chi connectivity index (χ0v) is 18.6. The second-order valence-electron chi connectivity index (χ2n) is 7.72. The molecule has 0 spiro atoms. The number of nitrogens with zero attached hydrogens (tertiary/aromatic N) is 1. The van der Waals surface area contributed by atoms with Crippen molar-refractivity contribution in [2.75, 3.05) is 19.7 Å². The monoisotopic (exact) mass is 484 g/mol. The van der Waals surface area contributed by atoms with E-state index in [1.165, 1.54) is 6.07 Å². The summed E-state index contributed by atoms with van der Waals surface area (Å²) < 4.78 is 72.0. The lowest BCUT2D eigenvalue weighted by molar-refractivity contribution is -0.153. The molecule has 0 bridgehead atoms. The van der Waals surface area contributed by atoms with Gasteiger partial charge in [0.2, 0.25) is 10.0 Å². The maximum atomic E-state index is 13.9. The van der Waals surface area contributed by atoms with Gasteiger partial charge >= 0.3 is 5.97 Å². The van der Waals surface area contributed by atoms with E-state index in [2.05, 4.69) is 5.32 Å². The van der Waals surface area contributed by atoms with Crippen LogP contribution in [0, 0.1) is 30.3 Å². The number of rotatable bonds is 7. The third kappa shape index (κ3) is 6.11. The molecule has 0 aromatic heterocycles. The fourth-order valence-electron chi connectivity index (χ4n) is 3.40. The van der Waals surface area contributed by atoms with Crippen molar-refractivity contribution in [2.45, 2.75) is 31.2 Å². The Morgan fingerprint density at radius 3 is 2.42 bits per heavy atom. The fourth-order valence-corrected chi connectivity index (χ4v) is 4.94. The second-order valence-corrected chi connectivity index (χ2v) is 9.63. The van der Waals surface area contributed by atoms with Gasteiger partial charge in [-0.05, 0) is 55.2 Å². The Balaban J connectivity index is 1.46. The zero-order valence-electron chi connectivity index (χ0n) is 17.8. The minimum atomic E-state index is -4.25. The maximum Gasteiger partial charge on any atom is 0.309 e. The van der Waals surface area contributed by atoms with Crippen LogP contribution in [0.1, 0.15) is 24.0 Å². The summed E-state index contributed by atoms with van der Waals surface area (Å²) in [6.07, 6.45) is 0.221. The van der Waals surface area contributed by atoms with Crippen molar-refractivity contribution in [3.63, 3.8) is 0 Å². The highest BCUT2D eigenvalue weighted by Gasteiger charge is 2.34. The van der Waals surface area contributed by atoms with Gasteiger partial charge in [-0.15, -0.1) is 0 Å². The van der Waals surface area contributed by atoms with E-state index in [4.69, 9.17) is 4.74 Å². The number of hydrogen-bond acceptors (Lipinski definition) is 5. The number of benzene rings is 2. The number of carbonyl (C=O) groups is 2. The van der Waals surface area contributed by atoms with Crippen molar-refractivity contribution in [1.82, 2.24) is 9.62 Å². The largest absolute Gasteiger partial charge is 0.455 e. The fraction of sp³-hybridized carbons (Fsp3) is 0.364. The van der Waals surface area contributed by atoms with E-state index in [0.717, 1.165) is 16.4 Å². The SMILES string of the molecule is Cc1ccc(CNC(=O)COC(=O)C2CCN(S(=O)(=O)c3cc(F)ccc3F)CC2)cc1F. The Morgan fingerprint density at radius 1 is 1.06 bits per heavy atom. The highest BCUT2D eigenvalue weighted by molar-refractivity contribution is 7.89. The van der Waals surface area contributed by atoms with E-state index >= 15 is 0 Å². The smallest absolute Gasteiger partial charge is 0.309 e. The van der Waals surface area contributed by atoms with Crippen molar-refractivity contribution in [2.24, 2.45) is 5.92 Å². The van der Waals surface area contributed by atoms with Crippen LogP contribution in [0.5, 0.6) is 0 Å². The molecule has 1 aliphatic rings. The van der Waals surface area contributed by atoms with E-state index in [1.807, 2.05) is 0 Å². The van der Waals surface area contributed by atoms with E-state index in [0.29, 0.717) is 17.2 Å². The van der Waals surface area contributed by atoms with Crippen LogP contribution in [0.15, 0.2) is 41.3 Å². The lowest BCUT2D eigenvalue weighted by atomic mass is 9.98. The highest BCUT2D eigenvalue weighted by atomic mass is 32.2. The van der Waals surface area contributed by atoms with Crippen molar-refractivity contribution in [3.05, 3.63) is 65.0 Å². The topological polar surface area (TPSA) is 92.8 Å². The average molecular weight is 484 g/mol. The normalized spacial score (nSPS) is 15.3. The maximum absolute atomic E-state index is 13.9. The summed E-state index contributed by atoms with van der Waals surface area (Å²) in [7, 11) is -4.25. The van der Waals surface area contributed by atoms with E-state index < -0.39 is 51.0 Å². The summed E-state index contributed by atoms with van der Waals surface area (Å²) >= 11 is 0. The van der Waals surface area contributed by atoms with Crippen LogP contribution in [0.25, 0.3) is 0 Å². The molecule has 2 aromatic carbocycles. The number of sulfonamides is 1. The molecule has 7 nitrogen and oxygen atoms in total. The summed E-state index contributed by atoms with van der Waals surface area (Å²) in [6, 6.07) is 6.75. The first-order valence-electron chi connectivity index (χ1n) is 10.2. The van der Waals surface area contributed by atoms with Crippen molar-refractivity contribution in [3.8, 4) is 0 Å². The molecule has 33 heavy (non-hydrogen) atoms. The Kier molecular flexibility index (Phi) is 7.75. The predicted molar refractivity (Wildman–Crippen MR) is 112 cm³/mol. The Labute approximate surface area is 189 Å². The summed E-state index contributed by atoms with van der Waals surface area (Å²) in [5.41, 5.74) is 1.04. The third-order valence-corrected chi connectivity index (χ3v) is 7.28. The van der Waals surface area contributed by atoms with Gasteiger partial charge in [-0.3, -0.25) is 9.59 Å². The molecule has 1 heterocycles. The summed E-state index contributed by atoms with van der Waals surface area (Å²) in [6.45, 7) is 1.00. The first-order chi connectivity index (χ1) is 15.6. The van der Waals surface area contributed by atoms with E-state index in [1.54, 1.807) is 19.1 Å². The highest BCUT2D eigenvalue weighted by Crippen LogP contribution is 2.26. The zero-order chi connectivity index (χ0) is 24.2. The standard InChI is InChI=1S/C22H23F3N2O5S/c1-14-2-3-15(10-19(14)25)12-26-21(28)13-32-22(29)16-6-8-27(9-7-16)33(30,31)20-11-17(23)4-5-18(20)24/h2-5,10-11,16H,6-9,12-13H2,1H3,(H,26,28). The molecule has 1 saturated heterocycles. The van der Waals surface area contributed by atoms with Crippen molar-refractivity contribution in [1.29, 1.82) is 0 Å². The van der Waals surface area contributed by atoms with Crippen LogP contribution in [-0.2, 0) is 30.9 Å². The van der Waals surface area contributed by atoms with Crippen molar-refractivity contribution >= 4 is 21.9 Å². The lowest BCUT2D eigenvalue weighted by Crippen LogP contribution is -2.41. The Morgan fingerprint density at radius 2 is 1.76 bits per heavy atom. The molecule has 1 N–H and O–H groups in total. The molecule has 178 valence electrons. The second kappa shape index (κ2) is 10.3. The van der Waals surface area contributed by atoms with Crippen LogP contribution in [-0.4, -0.2) is 44.3 Å². The van der Waals surface area contributed by atoms with Gasteiger partial charge in [0.15, 0.2) is 6.61 Å². The average Bonchev–Trinajstić information content (AvgIpc) is 2.79. The number of nitrogens with one attached hydrogen (secondary N) is 1. The van der Waals surface area contributed by atoms with Gasteiger partial charge in [0.25, 0.3) is 5.91 Å². The van der Waals surface area contributed by atoms with Crippen molar-refractivity contribution < 1.29 is 35.9 Å². The van der Waals surface area contributed by atoms with Gasteiger partial charge in [0.05, 0.1) is 5.92 Å². The number of carbonyl (C=O) groups excluding carboxylic acids is 2. The van der Waals surface area contributed by atoms with Crippen LogP contribution in [0.3, 0.4) is 0 Å². The van der Waals surface area contributed by atoms with Gasteiger partial charge < -0.3 is 10.1 Å². The molecular formula is C22H23F3N2O5S. The molecule has 1 amide bonds. The molecule has 11 heteroatoms. The number of halogens is 3. The minimum Gasteiger partial charge on any atom is -0.455 e. The molecule has 3 rings (SSSR count). The van der Waals surface area contributed by atoms with Crippen LogP contribution in [0.2, 0.25) is 0 Å². The predicted octanol–water partition coefficient (Wildman–Crippen LogP) is 2.67. The molecule has 0 unspecified atom stereocenters. The van der Waals surface area contributed by atoms with Gasteiger partial charge in [0, 0.05) is 19.6 Å².